The summed E-state index contributed by atoms with van der Waals surface area (Å²) in [6.45, 7) is 8.39. The van der Waals surface area contributed by atoms with E-state index in [4.69, 9.17) is 9.47 Å². The van der Waals surface area contributed by atoms with Crippen LogP contribution in [0.25, 0.3) is 0 Å². The van der Waals surface area contributed by atoms with Crippen LogP contribution in [0, 0.1) is 34.0 Å². The maximum atomic E-state index is 13.5. The van der Waals surface area contributed by atoms with Gasteiger partial charge in [0.05, 0.1) is 18.8 Å². The molecule has 4 bridgehead atoms. The highest BCUT2D eigenvalue weighted by molar-refractivity contribution is 6.05. The third-order valence-corrected chi connectivity index (χ3v) is 9.13. The third kappa shape index (κ3) is 1.60. The van der Waals surface area contributed by atoms with Crippen molar-refractivity contribution >= 4 is 5.78 Å². The fourth-order valence-corrected chi connectivity index (χ4v) is 8.21. The highest BCUT2D eigenvalue weighted by Gasteiger charge is 2.86. The van der Waals surface area contributed by atoms with Gasteiger partial charge in [-0.2, -0.15) is 0 Å². The molecule has 4 aliphatic carbocycles. The third-order valence-electron chi connectivity index (χ3n) is 9.13. The molecular weight excluding hydrogens is 348 g/mol. The van der Waals surface area contributed by atoms with Gasteiger partial charge in [0.2, 0.25) is 5.79 Å². The molecule has 6 heteroatoms. The van der Waals surface area contributed by atoms with Gasteiger partial charge in [-0.25, -0.2) is 0 Å². The maximum Gasteiger partial charge on any atom is 0.208 e. The number of carbonyl (C=O) groups excluding carboxylic acids is 1. The largest absolute Gasteiger partial charge is 0.391 e. The highest BCUT2D eigenvalue weighted by atomic mass is 16.6. The van der Waals surface area contributed by atoms with E-state index in [0.717, 1.165) is 12.8 Å². The fourth-order valence-electron chi connectivity index (χ4n) is 8.21. The summed E-state index contributed by atoms with van der Waals surface area (Å²) < 4.78 is 11.9. The second-order valence-corrected chi connectivity index (χ2v) is 10.2. The van der Waals surface area contributed by atoms with Crippen molar-refractivity contribution in [3.63, 3.8) is 0 Å². The Morgan fingerprint density at radius 1 is 1.19 bits per heavy atom. The van der Waals surface area contributed by atoms with Crippen LogP contribution >= 0.6 is 0 Å². The second-order valence-electron chi connectivity index (χ2n) is 10.2. The smallest absolute Gasteiger partial charge is 0.208 e. The van der Waals surface area contributed by atoms with Gasteiger partial charge in [0.15, 0.2) is 5.78 Å². The Hall–Kier alpha value is -0.790. The van der Waals surface area contributed by atoms with Crippen molar-refractivity contribution in [2.75, 3.05) is 13.7 Å². The summed E-state index contributed by atoms with van der Waals surface area (Å²) in [5.41, 5.74) is -2.05. The molecule has 2 saturated heterocycles. The zero-order valence-electron chi connectivity index (χ0n) is 16.3. The molecule has 6 fully saturated rings. The van der Waals surface area contributed by atoms with Gasteiger partial charge in [0.25, 0.3) is 0 Å². The Labute approximate surface area is 159 Å². The average Bonchev–Trinajstić information content (AvgIpc) is 2.72. The van der Waals surface area contributed by atoms with Crippen molar-refractivity contribution in [1.29, 1.82) is 0 Å². The van der Waals surface area contributed by atoms with E-state index in [2.05, 4.69) is 20.4 Å². The first kappa shape index (κ1) is 18.3. The average molecular weight is 378 g/mol. The van der Waals surface area contributed by atoms with Crippen molar-refractivity contribution in [3.8, 4) is 0 Å². The molecule has 2 heterocycles. The molecule has 9 unspecified atom stereocenters. The number of fused-ring (bicyclic) bond motifs is 2. The molecule has 4 saturated carbocycles. The van der Waals surface area contributed by atoms with Gasteiger partial charge < -0.3 is 24.8 Å². The summed E-state index contributed by atoms with van der Waals surface area (Å²) in [5, 5.41) is 34.4. The van der Waals surface area contributed by atoms with Crippen molar-refractivity contribution in [1.82, 2.24) is 0 Å². The molecule has 6 rings (SSSR count). The minimum Gasteiger partial charge on any atom is -0.391 e. The van der Waals surface area contributed by atoms with E-state index >= 15 is 0 Å². The Kier molecular flexibility index (Phi) is 3.40. The van der Waals surface area contributed by atoms with Crippen LogP contribution in [-0.2, 0) is 14.3 Å². The lowest BCUT2D eigenvalue weighted by molar-refractivity contribution is -0.459. The molecule has 2 aliphatic heterocycles. The lowest BCUT2D eigenvalue weighted by Gasteiger charge is -2.75. The van der Waals surface area contributed by atoms with Crippen LogP contribution in [0.15, 0.2) is 12.2 Å². The molecule has 9 atom stereocenters. The molecule has 3 N–H and O–H groups in total. The molecule has 0 aromatic carbocycles. The van der Waals surface area contributed by atoms with E-state index in [1.807, 2.05) is 0 Å². The zero-order valence-corrected chi connectivity index (χ0v) is 16.3. The minimum absolute atomic E-state index is 0.192. The van der Waals surface area contributed by atoms with Crippen LogP contribution in [0.4, 0.5) is 0 Å². The summed E-state index contributed by atoms with van der Waals surface area (Å²) >= 11 is 0. The number of aliphatic hydroxyl groups excluding tert-OH is 2. The van der Waals surface area contributed by atoms with E-state index < -0.39 is 28.8 Å². The molecule has 0 amide bonds. The molecule has 6 aliphatic rings. The first-order valence-corrected chi connectivity index (χ1v) is 10.1. The van der Waals surface area contributed by atoms with Crippen LogP contribution in [0.3, 0.4) is 0 Å². The number of ketones is 1. The van der Waals surface area contributed by atoms with Crippen LogP contribution in [0.5, 0.6) is 0 Å². The molecule has 0 radical (unpaired) electrons. The summed E-state index contributed by atoms with van der Waals surface area (Å²) in [7, 11) is 1.67. The number of carbonyl (C=O) groups is 1. The van der Waals surface area contributed by atoms with Crippen LogP contribution in [0.1, 0.15) is 39.5 Å². The number of aliphatic hydroxyl groups is 3. The highest BCUT2D eigenvalue weighted by Crippen LogP contribution is 2.76. The summed E-state index contributed by atoms with van der Waals surface area (Å²) in [5.74, 6) is -3.38. The number of ether oxygens (including phenoxy) is 2. The Morgan fingerprint density at radius 2 is 1.89 bits per heavy atom. The molecule has 150 valence electrons. The normalized spacial score (nSPS) is 58.1. The Balaban J connectivity index is 1.81. The predicted molar refractivity (Wildman–Crippen MR) is 95.4 cm³/mol. The van der Waals surface area contributed by atoms with Crippen LogP contribution in [0.2, 0.25) is 0 Å². The van der Waals surface area contributed by atoms with Crippen LogP contribution < -0.4 is 0 Å². The van der Waals surface area contributed by atoms with E-state index in [1.54, 1.807) is 7.11 Å². The molecule has 0 aromatic heterocycles. The van der Waals surface area contributed by atoms with Crippen molar-refractivity contribution < 1.29 is 29.6 Å². The lowest BCUT2D eigenvalue weighted by atomic mass is 9.35. The van der Waals surface area contributed by atoms with Gasteiger partial charge in [0.1, 0.15) is 11.5 Å². The summed E-state index contributed by atoms with van der Waals surface area (Å²) in [4.78, 5) is 13.5. The predicted octanol–water partition coefficient (Wildman–Crippen LogP) is 1.03. The fraction of sp³-hybridized carbons (Fsp3) is 0.857. The van der Waals surface area contributed by atoms with Gasteiger partial charge >= 0.3 is 0 Å². The number of hydrogen-bond acceptors (Lipinski definition) is 6. The summed E-state index contributed by atoms with van der Waals surface area (Å²) in [6, 6.07) is 0. The second kappa shape index (κ2) is 5.03. The van der Waals surface area contributed by atoms with Gasteiger partial charge in [-0.05, 0) is 42.6 Å². The van der Waals surface area contributed by atoms with E-state index in [1.165, 1.54) is 0 Å². The molecule has 0 aromatic rings. The number of hydrogen-bond donors (Lipinski definition) is 3. The van der Waals surface area contributed by atoms with Crippen molar-refractivity contribution in [2.24, 2.45) is 34.0 Å². The van der Waals surface area contributed by atoms with Gasteiger partial charge in [-0.1, -0.05) is 20.4 Å². The van der Waals surface area contributed by atoms with E-state index in [9.17, 15) is 20.1 Å². The molecule has 27 heavy (non-hydrogen) atoms. The number of methoxy groups -OCH3 is 1. The van der Waals surface area contributed by atoms with E-state index in [-0.39, 0.29) is 41.7 Å². The molecular formula is C21H30O6. The van der Waals surface area contributed by atoms with Crippen LogP contribution in [-0.4, -0.2) is 58.9 Å². The topological polar surface area (TPSA) is 96.2 Å². The van der Waals surface area contributed by atoms with Gasteiger partial charge in [0, 0.05) is 24.4 Å². The summed E-state index contributed by atoms with van der Waals surface area (Å²) in [6.07, 6.45) is 0.469. The van der Waals surface area contributed by atoms with Gasteiger partial charge in [-0.3, -0.25) is 4.79 Å². The maximum absolute atomic E-state index is 13.5. The Bertz CT molecular complexity index is 732. The van der Waals surface area contributed by atoms with Crippen molar-refractivity contribution in [3.05, 3.63) is 12.2 Å². The first-order chi connectivity index (χ1) is 12.6. The standard InChI is InChI=1S/C21H30O6/c1-10-11-5-6-12-19-9-27-21(25,20(12,15(10)22)16(11)23)17(24)14(19)18(2,3)8-7-13(19)26-4/h11-14,16-17,23-25H,1,5-9H2,2-4H3. The van der Waals surface area contributed by atoms with Crippen molar-refractivity contribution in [2.45, 2.75) is 63.6 Å². The number of Topliss-reactive ketones (excluding diaryl/α,β-unsaturated/α-hetero) is 1. The molecule has 6 nitrogen and oxygen atoms in total. The lowest BCUT2D eigenvalue weighted by Crippen LogP contribution is -2.85. The number of rotatable bonds is 1. The SMILES string of the molecule is C=C1C(=O)C23C(O)C1CCC2C12COC3(O)C(O)C1C(C)(C)CCC2OC. The van der Waals surface area contributed by atoms with E-state index in [0.29, 0.717) is 18.4 Å². The Morgan fingerprint density at radius 3 is 2.56 bits per heavy atom. The van der Waals surface area contributed by atoms with Gasteiger partial charge in [-0.15, -0.1) is 0 Å². The quantitative estimate of drug-likeness (QED) is 0.590. The molecule has 2 spiro atoms. The monoisotopic (exact) mass is 378 g/mol. The minimum atomic E-state index is -2.09. The first-order valence-electron chi connectivity index (χ1n) is 10.1. The zero-order chi connectivity index (χ0) is 19.6.